The number of aliphatic hydroxyl groups excluding tert-OH is 2. The van der Waals surface area contributed by atoms with Crippen molar-refractivity contribution in [2.24, 2.45) is 0 Å². The van der Waals surface area contributed by atoms with Gasteiger partial charge in [0.05, 0.1) is 0 Å². The van der Waals surface area contributed by atoms with Crippen molar-refractivity contribution in [3.63, 3.8) is 0 Å². The molecule has 3 aromatic carbocycles. The van der Waals surface area contributed by atoms with Gasteiger partial charge in [-0.1, -0.05) is 66.7 Å². The third kappa shape index (κ3) is 5.00. The molecule has 5 nitrogen and oxygen atoms in total. The molecular formula is C22H23NO4. The second-order valence-corrected chi connectivity index (χ2v) is 6.14. The largest absolute Gasteiger partial charge is 0.488 e. The summed E-state index contributed by atoms with van der Waals surface area (Å²) in [5, 5.41) is 20.4. The number of rotatable bonds is 8. The van der Waals surface area contributed by atoms with Crippen LogP contribution in [0.4, 0.5) is 5.69 Å². The molecule has 3 aromatic rings. The molecule has 2 atom stereocenters. The summed E-state index contributed by atoms with van der Waals surface area (Å²) in [4.78, 5) is 0. The van der Waals surface area contributed by atoms with Crippen molar-refractivity contribution in [1.29, 1.82) is 0 Å². The molecular weight excluding hydrogens is 342 g/mol. The molecule has 27 heavy (non-hydrogen) atoms. The maximum absolute atomic E-state index is 10.2. The van der Waals surface area contributed by atoms with Crippen molar-refractivity contribution < 1.29 is 19.7 Å². The van der Waals surface area contributed by atoms with Gasteiger partial charge in [-0.05, 0) is 23.3 Å². The summed E-state index contributed by atoms with van der Waals surface area (Å²) in [6, 6.07) is 23.7. The van der Waals surface area contributed by atoms with Gasteiger partial charge in [0.15, 0.2) is 0 Å². The minimum absolute atomic E-state index is 0.0737. The van der Waals surface area contributed by atoms with Gasteiger partial charge < -0.3 is 25.4 Å². The van der Waals surface area contributed by atoms with Gasteiger partial charge in [-0.15, -0.1) is 0 Å². The first-order chi connectivity index (χ1) is 13.1. The Hall–Kier alpha value is -3.02. The zero-order valence-corrected chi connectivity index (χ0v) is 14.9. The van der Waals surface area contributed by atoms with Crippen LogP contribution in [0.2, 0.25) is 0 Å². The fourth-order valence-corrected chi connectivity index (χ4v) is 2.66. The highest BCUT2D eigenvalue weighted by Crippen LogP contribution is 2.32. The van der Waals surface area contributed by atoms with Crippen molar-refractivity contribution in [2.75, 3.05) is 18.9 Å². The molecule has 0 amide bonds. The number of benzene rings is 3. The van der Waals surface area contributed by atoms with E-state index in [2.05, 4.69) is 0 Å². The lowest BCUT2D eigenvalue weighted by Gasteiger charge is -2.17. The molecule has 0 radical (unpaired) electrons. The topological polar surface area (TPSA) is 84.9 Å². The maximum Gasteiger partial charge on any atom is 0.146 e. The van der Waals surface area contributed by atoms with Gasteiger partial charge in [0, 0.05) is 0 Å². The van der Waals surface area contributed by atoms with Crippen LogP contribution in [0.1, 0.15) is 23.3 Å². The minimum Gasteiger partial charge on any atom is -0.488 e. The van der Waals surface area contributed by atoms with Gasteiger partial charge in [-0.2, -0.15) is 0 Å². The monoisotopic (exact) mass is 365 g/mol. The van der Waals surface area contributed by atoms with E-state index in [0.29, 0.717) is 17.2 Å². The highest BCUT2D eigenvalue weighted by molar-refractivity contribution is 5.62. The molecule has 0 aromatic heterocycles. The first-order valence-electron chi connectivity index (χ1n) is 8.75. The van der Waals surface area contributed by atoms with E-state index in [1.165, 1.54) is 0 Å². The number of nitrogens with two attached hydrogens (primary N) is 1. The van der Waals surface area contributed by atoms with Crippen molar-refractivity contribution in [3.8, 4) is 11.5 Å². The average molecular weight is 365 g/mol. The molecule has 0 heterocycles. The van der Waals surface area contributed by atoms with E-state index in [1.54, 1.807) is 18.2 Å². The van der Waals surface area contributed by atoms with Gasteiger partial charge >= 0.3 is 0 Å². The van der Waals surface area contributed by atoms with E-state index in [4.69, 9.17) is 15.2 Å². The normalized spacial score (nSPS) is 13.0. The van der Waals surface area contributed by atoms with Crippen LogP contribution in [-0.2, 0) is 0 Å². The van der Waals surface area contributed by atoms with Crippen molar-refractivity contribution >= 4 is 5.69 Å². The summed E-state index contributed by atoms with van der Waals surface area (Å²) < 4.78 is 11.3. The van der Waals surface area contributed by atoms with Gasteiger partial charge in [-0.25, -0.2) is 0 Å². The first-order valence-corrected chi connectivity index (χ1v) is 8.75. The third-order valence-electron chi connectivity index (χ3n) is 4.19. The Morgan fingerprint density at radius 3 is 1.44 bits per heavy atom. The van der Waals surface area contributed by atoms with E-state index in [1.807, 2.05) is 60.7 Å². The summed E-state index contributed by atoms with van der Waals surface area (Å²) >= 11 is 0. The second kappa shape index (κ2) is 9.07. The van der Waals surface area contributed by atoms with E-state index in [0.717, 1.165) is 11.1 Å². The summed E-state index contributed by atoms with van der Waals surface area (Å²) in [5.74, 6) is 0.855. The number of anilines is 1. The fourth-order valence-electron chi connectivity index (χ4n) is 2.66. The smallest absolute Gasteiger partial charge is 0.146 e. The van der Waals surface area contributed by atoms with Crippen LogP contribution in [0.15, 0.2) is 78.9 Å². The average Bonchev–Trinajstić information content (AvgIpc) is 2.73. The molecule has 0 saturated heterocycles. The lowest BCUT2D eigenvalue weighted by Crippen LogP contribution is -2.12. The predicted molar refractivity (Wildman–Crippen MR) is 105 cm³/mol. The summed E-state index contributed by atoms with van der Waals surface area (Å²) in [6.45, 7) is 0.147. The lowest BCUT2D eigenvalue weighted by molar-refractivity contribution is 0.105. The minimum atomic E-state index is -0.755. The van der Waals surface area contributed by atoms with Gasteiger partial charge in [0.1, 0.15) is 42.6 Å². The number of hydrogen-bond acceptors (Lipinski definition) is 5. The maximum atomic E-state index is 10.2. The summed E-state index contributed by atoms with van der Waals surface area (Å²) in [5.41, 5.74) is 8.00. The molecule has 0 bridgehead atoms. The zero-order valence-electron chi connectivity index (χ0n) is 14.9. The molecule has 0 fully saturated rings. The molecule has 0 saturated carbocycles. The Kier molecular flexibility index (Phi) is 6.30. The Labute approximate surface area is 158 Å². The van der Waals surface area contributed by atoms with E-state index < -0.39 is 12.2 Å². The molecule has 0 aliphatic carbocycles. The van der Waals surface area contributed by atoms with Gasteiger partial charge in [-0.3, -0.25) is 0 Å². The number of aliphatic hydroxyl groups is 2. The van der Waals surface area contributed by atoms with Crippen molar-refractivity contribution in [3.05, 3.63) is 90.0 Å². The molecule has 140 valence electrons. The highest BCUT2D eigenvalue weighted by atomic mass is 16.5. The molecule has 0 aliphatic rings. The molecule has 5 heteroatoms. The van der Waals surface area contributed by atoms with Crippen LogP contribution in [0.3, 0.4) is 0 Å². The lowest BCUT2D eigenvalue weighted by atomic mass is 10.1. The van der Waals surface area contributed by atoms with Crippen LogP contribution in [0, 0.1) is 0 Å². The zero-order chi connectivity index (χ0) is 19.1. The first kappa shape index (κ1) is 18.8. The van der Waals surface area contributed by atoms with E-state index >= 15 is 0 Å². The Morgan fingerprint density at radius 2 is 1.04 bits per heavy atom. The Morgan fingerprint density at radius 1 is 0.630 bits per heavy atom. The Bertz CT molecular complexity index is 772. The summed E-state index contributed by atoms with van der Waals surface area (Å²) in [7, 11) is 0. The van der Waals surface area contributed by atoms with Gasteiger partial charge in [0.25, 0.3) is 0 Å². The molecule has 2 unspecified atom stereocenters. The molecule has 0 aliphatic heterocycles. The number of hydrogen-bond donors (Lipinski definition) is 3. The van der Waals surface area contributed by atoms with Crippen LogP contribution >= 0.6 is 0 Å². The predicted octanol–water partition coefficient (Wildman–Crippen LogP) is 3.49. The van der Waals surface area contributed by atoms with Crippen LogP contribution in [0.5, 0.6) is 11.5 Å². The van der Waals surface area contributed by atoms with E-state index in [9.17, 15) is 10.2 Å². The summed E-state index contributed by atoms with van der Waals surface area (Å²) in [6.07, 6.45) is -1.51. The van der Waals surface area contributed by atoms with Gasteiger partial charge in [0.2, 0.25) is 0 Å². The highest BCUT2D eigenvalue weighted by Gasteiger charge is 2.13. The molecule has 3 rings (SSSR count). The Balaban J connectivity index is 1.60. The second-order valence-electron chi connectivity index (χ2n) is 6.14. The van der Waals surface area contributed by atoms with Crippen LogP contribution < -0.4 is 15.2 Å². The standard InChI is InChI=1S/C22H23NO4/c23-22-20(26-14-18(24)16-8-3-1-4-9-16)12-7-13-21(22)27-15-19(25)17-10-5-2-6-11-17/h1-13,18-19,24-25H,14-15,23H2. The quantitative estimate of drug-likeness (QED) is 0.532. The molecule has 0 spiro atoms. The van der Waals surface area contributed by atoms with E-state index in [-0.39, 0.29) is 13.2 Å². The molecule has 4 N–H and O–H groups in total. The number of ether oxygens (including phenoxy) is 2. The number of nitrogen functional groups attached to an aromatic ring is 1. The SMILES string of the molecule is Nc1c(OCC(O)c2ccccc2)cccc1OCC(O)c1ccccc1. The fraction of sp³-hybridized carbons (Fsp3) is 0.182. The van der Waals surface area contributed by atoms with Crippen molar-refractivity contribution in [1.82, 2.24) is 0 Å². The van der Waals surface area contributed by atoms with Crippen LogP contribution in [-0.4, -0.2) is 23.4 Å². The van der Waals surface area contributed by atoms with Crippen LogP contribution in [0.25, 0.3) is 0 Å². The van der Waals surface area contributed by atoms with Crippen molar-refractivity contribution in [2.45, 2.75) is 12.2 Å². The number of para-hydroxylation sites is 1. The third-order valence-corrected chi connectivity index (χ3v) is 4.19.